The Bertz CT molecular complexity index is 2240. The molecule has 1 saturated carbocycles. The van der Waals surface area contributed by atoms with Crippen molar-refractivity contribution in [3.63, 3.8) is 0 Å². The fourth-order valence-corrected chi connectivity index (χ4v) is 9.73. The Morgan fingerprint density at radius 2 is 1.29 bits per heavy atom. The molecule has 2 aliphatic carbocycles. The number of aromatic nitrogens is 2. The van der Waals surface area contributed by atoms with Crippen LogP contribution in [0.5, 0.6) is 0 Å². The molecule has 0 aliphatic heterocycles. The Morgan fingerprint density at radius 1 is 0.708 bits per heavy atom. The lowest BCUT2D eigenvalue weighted by molar-refractivity contribution is 0.0735. The van der Waals surface area contributed by atoms with Crippen LogP contribution in [0.15, 0.2) is 127 Å². The molecule has 236 valence electrons. The van der Waals surface area contributed by atoms with E-state index < -0.39 is 5.54 Å². The molecule has 5 aromatic carbocycles. The lowest BCUT2D eigenvalue weighted by atomic mass is 9.60. The van der Waals surface area contributed by atoms with Crippen LogP contribution in [0.2, 0.25) is 0 Å². The molecule has 2 N–H and O–H groups in total. The van der Waals surface area contributed by atoms with Crippen LogP contribution in [0, 0.1) is 11.8 Å². The zero-order valence-corrected chi connectivity index (χ0v) is 28.1. The first-order valence-corrected chi connectivity index (χ1v) is 18.0. The molecule has 0 amide bonds. The highest BCUT2D eigenvalue weighted by molar-refractivity contribution is 7.20. The van der Waals surface area contributed by atoms with Gasteiger partial charge in [0, 0.05) is 23.0 Å². The third-order valence-corrected chi connectivity index (χ3v) is 12.0. The van der Waals surface area contributed by atoms with Gasteiger partial charge in [-0.25, -0.2) is 9.97 Å². The predicted octanol–water partition coefficient (Wildman–Crippen LogP) is 11.4. The lowest BCUT2D eigenvalue weighted by Crippen LogP contribution is -2.49. The van der Waals surface area contributed by atoms with E-state index in [4.69, 9.17) is 15.7 Å². The minimum absolute atomic E-state index is 0.400. The van der Waals surface area contributed by atoms with Crippen molar-refractivity contribution < 1.29 is 0 Å². The minimum Gasteiger partial charge on any atom is -0.320 e. The summed E-state index contributed by atoms with van der Waals surface area (Å²) in [6, 6.07) is 45.4. The van der Waals surface area contributed by atoms with Crippen LogP contribution >= 0.6 is 11.3 Å². The highest BCUT2D eigenvalue weighted by atomic mass is 32.1. The van der Waals surface area contributed by atoms with Crippen LogP contribution in [0.1, 0.15) is 50.4 Å². The Balaban J connectivity index is 1.22. The third-order valence-electron chi connectivity index (χ3n) is 10.7. The van der Waals surface area contributed by atoms with Crippen LogP contribution in [0.25, 0.3) is 42.7 Å². The highest BCUT2D eigenvalue weighted by Crippen LogP contribution is 2.62. The maximum atomic E-state index is 7.38. The van der Waals surface area contributed by atoms with Crippen molar-refractivity contribution >= 4 is 50.2 Å². The van der Waals surface area contributed by atoms with Crippen molar-refractivity contribution in [3.8, 4) is 20.9 Å². The Kier molecular flexibility index (Phi) is 6.96. The Labute approximate surface area is 285 Å². The van der Waals surface area contributed by atoms with Gasteiger partial charge in [-0.2, -0.15) is 0 Å². The fraction of sp³-hybridized carbons (Fsp3) is 0.209. The molecular weight excluding hydrogens is 605 g/mol. The van der Waals surface area contributed by atoms with Gasteiger partial charge in [0.1, 0.15) is 11.0 Å². The van der Waals surface area contributed by atoms with Gasteiger partial charge in [0.05, 0.1) is 26.7 Å². The van der Waals surface area contributed by atoms with E-state index >= 15 is 0 Å². The predicted molar refractivity (Wildman–Crippen MR) is 201 cm³/mol. The zero-order valence-electron chi connectivity index (χ0n) is 27.3. The van der Waals surface area contributed by atoms with E-state index in [0.717, 1.165) is 69.2 Å². The lowest BCUT2D eigenvalue weighted by Gasteiger charge is -2.46. The highest BCUT2D eigenvalue weighted by Gasteiger charge is 2.59. The molecule has 4 nitrogen and oxygen atoms in total. The van der Waals surface area contributed by atoms with Gasteiger partial charge in [0.2, 0.25) is 0 Å². The van der Waals surface area contributed by atoms with Gasteiger partial charge in [-0.3, -0.25) is 0 Å². The molecular formula is C43H38N4S. The summed E-state index contributed by atoms with van der Waals surface area (Å²) >= 11 is 1.80. The van der Waals surface area contributed by atoms with Crippen molar-refractivity contribution in [2.24, 2.45) is 17.6 Å². The molecule has 2 heterocycles. The number of nitrogens with two attached hydrogens (primary N) is 1. The summed E-state index contributed by atoms with van der Waals surface area (Å²) < 4.78 is 0. The summed E-state index contributed by atoms with van der Waals surface area (Å²) in [4.78, 5) is 15.7. The molecule has 9 rings (SSSR count). The number of hydrogen-bond acceptors (Lipinski definition) is 5. The molecule has 3 unspecified atom stereocenters. The fourth-order valence-electron chi connectivity index (χ4n) is 8.55. The van der Waals surface area contributed by atoms with Crippen molar-refractivity contribution in [2.45, 2.75) is 44.6 Å². The SMILES string of the molecule is CCCC1(N)c2nc3c(-c4ccc(N(c5ccccc5)c5ccccc5)cc4)sc(-c4ccc5ccccc5c4)c3nc2C2C[C@H](C)C21. The quantitative estimate of drug-likeness (QED) is 0.188. The van der Waals surface area contributed by atoms with E-state index in [2.05, 4.69) is 146 Å². The maximum Gasteiger partial charge on any atom is 0.108 e. The van der Waals surface area contributed by atoms with Crippen molar-refractivity contribution in [1.29, 1.82) is 0 Å². The summed E-state index contributed by atoms with van der Waals surface area (Å²) in [5.41, 5.74) is 16.8. The number of anilines is 3. The molecule has 4 atom stereocenters. The Morgan fingerprint density at radius 3 is 1.96 bits per heavy atom. The number of para-hydroxylation sites is 2. The van der Waals surface area contributed by atoms with Gasteiger partial charge in [-0.15, -0.1) is 11.3 Å². The van der Waals surface area contributed by atoms with E-state index in [0.29, 0.717) is 17.8 Å². The second-order valence-electron chi connectivity index (χ2n) is 13.7. The average molecular weight is 643 g/mol. The van der Waals surface area contributed by atoms with E-state index in [9.17, 15) is 0 Å². The summed E-state index contributed by atoms with van der Waals surface area (Å²) in [5, 5.41) is 2.47. The molecule has 2 aromatic heterocycles. The normalized spacial score (nSPS) is 21.2. The van der Waals surface area contributed by atoms with E-state index in [1.165, 1.54) is 21.2 Å². The van der Waals surface area contributed by atoms with Gasteiger partial charge in [0.25, 0.3) is 0 Å². The molecule has 0 saturated heterocycles. The standard InChI is InChI=1S/C43H38N4S/c1-3-24-43(44)36-27(2)25-35(36)37-42(43)46-39-38(45-37)41(31-19-18-28-12-10-11-13-30(28)26-31)48-40(39)29-20-22-34(23-21-29)47(32-14-6-4-7-15-32)33-16-8-5-9-17-33/h4-23,26-27,35-36H,3,24-25,44H2,1-2H3/t27-,35?,36?,43?/m0/s1. The van der Waals surface area contributed by atoms with Gasteiger partial charge in [0.15, 0.2) is 0 Å². The number of rotatable bonds is 7. The summed E-state index contributed by atoms with van der Waals surface area (Å²) in [7, 11) is 0. The number of nitrogens with zero attached hydrogens (tertiary/aromatic N) is 3. The van der Waals surface area contributed by atoms with Crippen molar-refractivity contribution in [1.82, 2.24) is 9.97 Å². The van der Waals surface area contributed by atoms with E-state index in [-0.39, 0.29) is 0 Å². The molecule has 5 heteroatoms. The summed E-state index contributed by atoms with van der Waals surface area (Å²) in [5.74, 6) is 1.40. The second kappa shape index (κ2) is 11.4. The molecule has 1 fully saturated rings. The van der Waals surface area contributed by atoms with Gasteiger partial charge < -0.3 is 10.6 Å². The minimum atomic E-state index is -0.425. The van der Waals surface area contributed by atoms with Crippen LogP contribution in [-0.2, 0) is 5.54 Å². The largest absolute Gasteiger partial charge is 0.320 e. The van der Waals surface area contributed by atoms with Crippen molar-refractivity contribution in [2.75, 3.05) is 4.90 Å². The Hall–Kier alpha value is -4.84. The van der Waals surface area contributed by atoms with Gasteiger partial charge in [-0.1, -0.05) is 105 Å². The number of benzene rings is 5. The zero-order chi connectivity index (χ0) is 32.4. The molecule has 7 aromatic rings. The molecule has 48 heavy (non-hydrogen) atoms. The summed E-state index contributed by atoms with van der Waals surface area (Å²) in [6.45, 7) is 4.59. The van der Waals surface area contributed by atoms with E-state index in [1.54, 1.807) is 11.3 Å². The maximum absolute atomic E-state index is 7.38. The van der Waals surface area contributed by atoms with E-state index in [1.807, 2.05) is 0 Å². The first-order valence-electron chi connectivity index (χ1n) is 17.2. The number of thiophene rings is 1. The van der Waals surface area contributed by atoms with Crippen LogP contribution in [0.4, 0.5) is 17.1 Å². The molecule has 2 aliphatic rings. The smallest absolute Gasteiger partial charge is 0.108 e. The van der Waals surface area contributed by atoms with Crippen LogP contribution in [-0.4, -0.2) is 9.97 Å². The number of hydrogen-bond donors (Lipinski definition) is 1. The molecule has 0 spiro atoms. The first-order chi connectivity index (χ1) is 23.5. The molecule has 0 radical (unpaired) electrons. The van der Waals surface area contributed by atoms with Gasteiger partial charge in [-0.05, 0) is 89.0 Å². The van der Waals surface area contributed by atoms with Crippen LogP contribution < -0.4 is 10.6 Å². The first kappa shape index (κ1) is 29.3. The molecule has 0 bridgehead atoms. The average Bonchev–Trinajstić information content (AvgIpc) is 3.58. The van der Waals surface area contributed by atoms with Crippen LogP contribution in [0.3, 0.4) is 0 Å². The monoisotopic (exact) mass is 642 g/mol. The summed E-state index contributed by atoms with van der Waals surface area (Å²) in [6.07, 6.45) is 3.11. The van der Waals surface area contributed by atoms with Gasteiger partial charge >= 0.3 is 0 Å². The number of fused-ring (bicyclic) bond motifs is 5. The topological polar surface area (TPSA) is 55.0 Å². The second-order valence-corrected chi connectivity index (χ2v) is 14.7. The third kappa shape index (κ3) is 4.52. The van der Waals surface area contributed by atoms with Crippen molar-refractivity contribution in [3.05, 3.63) is 139 Å².